The van der Waals surface area contributed by atoms with E-state index >= 15 is 0 Å². The van der Waals surface area contributed by atoms with Crippen molar-refractivity contribution in [3.63, 3.8) is 0 Å². The van der Waals surface area contributed by atoms with Gasteiger partial charge in [0, 0.05) is 43.9 Å². The van der Waals surface area contributed by atoms with E-state index in [1.165, 1.54) is 12.0 Å². The zero-order valence-corrected chi connectivity index (χ0v) is 17.1. The Hall–Kier alpha value is -2.18. The molecule has 6 heteroatoms. The van der Waals surface area contributed by atoms with Crippen molar-refractivity contribution < 1.29 is 14.3 Å². The molecule has 0 spiro atoms. The van der Waals surface area contributed by atoms with E-state index in [2.05, 4.69) is 16.8 Å². The van der Waals surface area contributed by atoms with Crippen molar-refractivity contribution >= 4 is 34.4 Å². The summed E-state index contributed by atoms with van der Waals surface area (Å²) in [4.78, 5) is 29.2. The normalized spacial score (nSPS) is 22.6. The van der Waals surface area contributed by atoms with Gasteiger partial charge in [-0.15, -0.1) is 22.7 Å². The number of ketones is 1. The van der Waals surface area contributed by atoms with E-state index in [0.717, 1.165) is 33.1 Å². The van der Waals surface area contributed by atoms with Crippen molar-refractivity contribution in [3.8, 4) is 0 Å². The Labute approximate surface area is 166 Å². The highest BCUT2D eigenvalue weighted by Gasteiger charge is 2.41. The molecule has 27 heavy (non-hydrogen) atoms. The Kier molecular flexibility index (Phi) is 4.78. The van der Waals surface area contributed by atoms with Crippen LogP contribution in [0, 0.1) is 6.92 Å². The minimum Gasteiger partial charge on any atom is -0.466 e. The summed E-state index contributed by atoms with van der Waals surface area (Å²) in [5.41, 5.74) is 3.00. The van der Waals surface area contributed by atoms with Crippen LogP contribution in [0.5, 0.6) is 0 Å². The summed E-state index contributed by atoms with van der Waals surface area (Å²) in [5.74, 6) is -0.408. The summed E-state index contributed by atoms with van der Waals surface area (Å²) in [6.45, 7) is 3.93. The smallest absolute Gasteiger partial charge is 0.336 e. The predicted molar refractivity (Wildman–Crippen MR) is 108 cm³/mol. The Morgan fingerprint density at radius 2 is 2.00 bits per heavy atom. The number of aryl methyl sites for hydroxylation is 1. The molecule has 0 radical (unpaired) electrons. The molecular formula is C21H21NO3S2. The van der Waals surface area contributed by atoms with Gasteiger partial charge in [-0.2, -0.15) is 0 Å². The Balaban J connectivity index is 1.81. The summed E-state index contributed by atoms with van der Waals surface area (Å²) in [7, 11) is 1.39. The van der Waals surface area contributed by atoms with E-state index in [4.69, 9.17) is 4.74 Å². The van der Waals surface area contributed by atoms with Gasteiger partial charge >= 0.3 is 5.97 Å². The first-order chi connectivity index (χ1) is 13.0. The summed E-state index contributed by atoms with van der Waals surface area (Å²) in [5, 5.41) is 5.41. The predicted octanol–water partition coefficient (Wildman–Crippen LogP) is 4.65. The second-order valence-corrected chi connectivity index (χ2v) is 9.27. The molecule has 3 heterocycles. The number of allylic oxidation sites excluding steroid dienone is 3. The minimum atomic E-state index is -0.379. The average Bonchev–Trinajstić information content (AvgIpc) is 3.31. The van der Waals surface area contributed by atoms with E-state index in [9.17, 15) is 9.59 Å². The van der Waals surface area contributed by atoms with Gasteiger partial charge in [0.15, 0.2) is 5.78 Å². The largest absolute Gasteiger partial charge is 0.466 e. The number of rotatable bonds is 3. The van der Waals surface area contributed by atoms with Crippen LogP contribution in [-0.2, 0) is 14.3 Å². The van der Waals surface area contributed by atoms with Crippen LogP contribution in [0.4, 0.5) is 0 Å². The Bertz CT molecular complexity index is 965. The first kappa shape index (κ1) is 18.2. The van der Waals surface area contributed by atoms with E-state index in [1.807, 2.05) is 32.0 Å². The summed E-state index contributed by atoms with van der Waals surface area (Å²) < 4.78 is 5.05. The zero-order valence-electron chi connectivity index (χ0n) is 15.5. The van der Waals surface area contributed by atoms with Crippen LogP contribution >= 0.6 is 22.7 Å². The molecule has 140 valence electrons. The van der Waals surface area contributed by atoms with Gasteiger partial charge in [-0.3, -0.25) is 4.79 Å². The SMILES string of the molecule is COC(=O)C1=C(C)NC2=C(C(=O)C[C@H](c3cccs3)C2)[C@@H]1c1ccc(C)s1. The van der Waals surface area contributed by atoms with Gasteiger partial charge in [-0.25, -0.2) is 4.79 Å². The van der Waals surface area contributed by atoms with Crippen molar-refractivity contribution in [2.45, 2.75) is 38.5 Å². The molecule has 0 bridgehead atoms. The average molecular weight is 400 g/mol. The van der Waals surface area contributed by atoms with Crippen LogP contribution in [0.15, 0.2) is 52.2 Å². The Morgan fingerprint density at radius 1 is 1.19 bits per heavy atom. The first-order valence-corrected chi connectivity index (χ1v) is 10.6. The highest BCUT2D eigenvalue weighted by atomic mass is 32.1. The Morgan fingerprint density at radius 3 is 2.63 bits per heavy atom. The summed E-state index contributed by atoms with van der Waals surface area (Å²) >= 11 is 3.32. The molecule has 1 N–H and O–H groups in total. The third-order valence-electron chi connectivity index (χ3n) is 5.22. The van der Waals surface area contributed by atoms with Crippen LogP contribution in [0.2, 0.25) is 0 Å². The van der Waals surface area contributed by atoms with Gasteiger partial charge in [-0.05, 0) is 43.8 Å². The summed E-state index contributed by atoms with van der Waals surface area (Å²) in [6, 6.07) is 8.18. The highest BCUT2D eigenvalue weighted by molar-refractivity contribution is 7.12. The van der Waals surface area contributed by atoms with E-state index in [1.54, 1.807) is 22.7 Å². The lowest BCUT2D eigenvalue weighted by molar-refractivity contribution is -0.136. The molecule has 2 aromatic rings. The van der Waals surface area contributed by atoms with Gasteiger partial charge in [0.05, 0.1) is 18.6 Å². The molecule has 2 atom stereocenters. The monoisotopic (exact) mass is 399 g/mol. The number of carbonyl (C=O) groups excluding carboxylic acids is 2. The number of hydrogen-bond acceptors (Lipinski definition) is 6. The van der Waals surface area contributed by atoms with Crippen molar-refractivity contribution in [1.82, 2.24) is 5.32 Å². The van der Waals surface area contributed by atoms with Crippen LogP contribution < -0.4 is 5.32 Å². The lowest BCUT2D eigenvalue weighted by Gasteiger charge is -2.35. The van der Waals surface area contributed by atoms with Crippen molar-refractivity contribution in [1.29, 1.82) is 0 Å². The topological polar surface area (TPSA) is 55.4 Å². The highest BCUT2D eigenvalue weighted by Crippen LogP contribution is 2.47. The minimum absolute atomic E-state index is 0.118. The van der Waals surface area contributed by atoms with Crippen LogP contribution in [0.3, 0.4) is 0 Å². The maximum Gasteiger partial charge on any atom is 0.336 e. The van der Waals surface area contributed by atoms with Gasteiger partial charge < -0.3 is 10.1 Å². The molecule has 4 nitrogen and oxygen atoms in total. The molecule has 0 aromatic carbocycles. The fraction of sp³-hybridized carbons (Fsp3) is 0.333. The first-order valence-electron chi connectivity index (χ1n) is 8.91. The molecule has 0 fully saturated rings. The van der Waals surface area contributed by atoms with Crippen molar-refractivity contribution in [3.05, 3.63) is 66.8 Å². The lowest BCUT2D eigenvalue weighted by atomic mass is 9.74. The zero-order chi connectivity index (χ0) is 19.1. The fourth-order valence-electron chi connectivity index (χ4n) is 4.04. The van der Waals surface area contributed by atoms with Crippen LogP contribution in [-0.4, -0.2) is 18.9 Å². The molecule has 1 aliphatic carbocycles. The number of thiophene rings is 2. The second-order valence-electron chi connectivity index (χ2n) is 6.97. The van der Waals surface area contributed by atoms with Crippen molar-refractivity contribution in [2.75, 3.05) is 7.11 Å². The standard InChI is InChI=1S/C21H21NO3S2/c1-11-6-7-17(27-11)20-18(21(24)25-3)12(2)22-14-9-13(10-15(23)19(14)20)16-5-4-8-26-16/h4-8,13,20,22H,9-10H2,1-3H3/t13-,20-/m1/s1. The number of dihydropyridines is 1. The number of methoxy groups -OCH3 is 1. The number of carbonyl (C=O) groups is 2. The van der Waals surface area contributed by atoms with E-state index in [0.29, 0.717) is 12.0 Å². The van der Waals surface area contributed by atoms with Gasteiger partial charge in [0.1, 0.15) is 0 Å². The van der Waals surface area contributed by atoms with E-state index < -0.39 is 0 Å². The maximum atomic E-state index is 13.2. The molecule has 2 aromatic heterocycles. The number of nitrogens with one attached hydrogen (secondary N) is 1. The second kappa shape index (κ2) is 7.09. The number of hydrogen-bond donors (Lipinski definition) is 1. The number of esters is 1. The number of ether oxygens (including phenoxy) is 1. The van der Waals surface area contributed by atoms with E-state index in [-0.39, 0.29) is 23.6 Å². The molecule has 0 saturated heterocycles. The van der Waals surface area contributed by atoms with Gasteiger partial charge in [0.25, 0.3) is 0 Å². The number of Topliss-reactive ketones (excluding diaryl/α,β-unsaturated/α-hetero) is 1. The maximum absolute atomic E-state index is 13.2. The van der Waals surface area contributed by atoms with Crippen molar-refractivity contribution in [2.24, 2.45) is 0 Å². The van der Waals surface area contributed by atoms with Crippen LogP contribution in [0.25, 0.3) is 0 Å². The quantitative estimate of drug-likeness (QED) is 0.763. The third-order valence-corrected chi connectivity index (χ3v) is 7.32. The molecule has 0 saturated carbocycles. The molecule has 2 aliphatic rings. The molecule has 4 rings (SSSR count). The lowest BCUT2D eigenvalue weighted by Crippen LogP contribution is -2.35. The molecule has 1 aliphatic heterocycles. The molecule has 0 amide bonds. The molecular weight excluding hydrogens is 378 g/mol. The molecule has 0 unspecified atom stereocenters. The summed E-state index contributed by atoms with van der Waals surface area (Å²) in [6.07, 6.45) is 1.27. The van der Waals surface area contributed by atoms with Gasteiger partial charge in [-0.1, -0.05) is 6.07 Å². The fourth-order valence-corrected chi connectivity index (χ4v) is 5.87. The third kappa shape index (κ3) is 3.17. The van der Waals surface area contributed by atoms with Crippen LogP contribution in [0.1, 0.15) is 46.2 Å². The van der Waals surface area contributed by atoms with Gasteiger partial charge in [0.2, 0.25) is 0 Å².